The van der Waals surface area contributed by atoms with Gasteiger partial charge in [-0.15, -0.1) is 11.8 Å². The van der Waals surface area contributed by atoms with E-state index in [2.05, 4.69) is 5.32 Å². The van der Waals surface area contributed by atoms with Gasteiger partial charge in [0.1, 0.15) is 0 Å². The normalized spacial score (nSPS) is 10.6. The lowest BCUT2D eigenvalue weighted by Crippen LogP contribution is -2.29. The number of thioether (sulfide) groups is 1. The number of benzene rings is 3. The standard InChI is InChI=1S/C21H19NOS/c1-24-19-15-9-8-14-18(19)21(23)22-20(16-10-4-2-5-11-16)17-12-6-3-7-13-17/h2-15,20H,1H3,(H,22,23). The van der Waals surface area contributed by atoms with Gasteiger partial charge in [0.25, 0.3) is 5.91 Å². The minimum atomic E-state index is -0.171. The molecule has 0 radical (unpaired) electrons. The van der Waals surface area contributed by atoms with Crippen molar-refractivity contribution >= 4 is 17.7 Å². The molecule has 0 aromatic heterocycles. The average molecular weight is 333 g/mol. The fourth-order valence-electron chi connectivity index (χ4n) is 2.69. The lowest BCUT2D eigenvalue weighted by molar-refractivity contribution is 0.0940. The Bertz CT molecular complexity index is 763. The van der Waals surface area contributed by atoms with Gasteiger partial charge in [0.15, 0.2) is 0 Å². The second kappa shape index (κ2) is 7.84. The SMILES string of the molecule is CSc1ccccc1C(=O)NC(c1ccccc1)c1ccccc1. The maximum Gasteiger partial charge on any atom is 0.253 e. The van der Waals surface area contributed by atoms with Crippen molar-refractivity contribution in [2.24, 2.45) is 0 Å². The molecule has 0 spiro atoms. The van der Waals surface area contributed by atoms with Gasteiger partial charge in [-0.3, -0.25) is 4.79 Å². The highest BCUT2D eigenvalue weighted by Gasteiger charge is 2.19. The molecule has 120 valence electrons. The minimum absolute atomic E-state index is 0.0577. The summed E-state index contributed by atoms with van der Waals surface area (Å²) in [5, 5.41) is 3.19. The van der Waals surface area contributed by atoms with E-state index in [0.29, 0.717) is 5.56 Å². The van der Waals surface area contributed by atoms with Gasteiger partial charge in [0.05, 0.1) is 11.6 Å². The van der Waals surface area contributed by atoms with Crippen molar-refractivity contribution in [1.29, 1.82) is 0 Å². The van der Waals surface area contributed by atoms with Crippen LogP contribution >= 0.6 is 11.8 Å². The molecule has 0 saturated heterocycles. The Morgan fingerprint density at radius 3 is 1.83 bits per heavy atom. The van der Waals surface area contributed by atoms with Crippen LogP contribution < -0.4 is 5.32 Å². The van der Waals surface area contributed by atoms with E-state index in [4.69, 9.17) is 0 Å². The molecule has 1 amide bonds. The number of carbonyl (C=O) groups excluding carboxylic acids is 1. The van der Waals surface area contributed by atoms with E-state index >= 15 is 0 Å². The molecule has 0 saturated carbocycles. The van der Waals surface area contributed by atoms with Crippen molar-refractivity contribution in [3.8, 4) is 0 Å². The molecule has 0 bridgehead atoms. The van der Waals surface area contributed by atoms with Crippen molar-refractivity contribution in [2.75, 3.05) is 6.26 Å². The Morgan fingerprint density at radius 2 is 1.29 bits per heavy atom. The molecule has 0 heterocycles. The molecule has 0 aliphatic heterocycles. The molecule has 3 rings (SSSR count). The summed E-state index contributed by atoms with van der Waals surface area (Å²) in [7, 11) is 0. The average Bonchev–Trinajstić information content (AvgIpc) is 2.67. The number of hydrogen-bond acceptors (Lipinski definition) is 2. The van der Waals surface area contributed by atoms with Crippen molar-refractivity contribution in [3.63, 3.8) is 0 Å². The summed E-state index contributed by atoms with van der Waals surface area (Å²) in [5.74, 6) is -0.0577. The molecule has 1 N–H and O–H groups in total. The Balaban J connectivity index is 1.94. The van der Waals surface area contributed by atoms with E-state index in [1.807, 2.05) is 91.2 Å². The molecule has 3 heteroatoms. The van der Waals surface area contributed by atoms with E-state index in [1.54, 1.807) is 11.8 Å². The van der Waals surface area contributed by atoms with Gasteiger partial charge < -0.3 is 5.32 Å². The summed E-state index contributed by atoms with van der Waals surface area (Å²) >= 11 is 1.58. The van der Waals surface area contributed by atoms with Crippen LogP contribution in [0, 0.1) is 0 Å². The topological polar surface area (TPSA) is 29.1 Å². The maximum absolute atomic E-state index is 12.9. The fraction of sp³-hybridized carbons (Fsp3) is 0.0952. The summed E-state index contributed by atoms with van der Waals surface area (Å²) in [4.78, 5) is 13.8. The van der Waals surface area contributed by atoms with Gasteiger partial charge in [-0.2, -0.15) is 0 Å². The van der Waals surface area contributed by atoms with E-state index in [-0.39, 0.29) is 11.9 Å². The first-order chi connectivity index (χ1) is 11.8. The van der Waals surface area contributed by atoms with Gasteiger partial charge >= 0.3 is 0 Å². The molecular formula is C21H19NOS. The summed E-state index contributed by atoms with van der Waals surface area (Å²) in [6, 6.07) is 27.6. The first-order valence-corrected chi connectivity index (χ1v) is 9.06. The highest BCUT2D eigenvalue weighted by molar-refractivity contribution is 7.98. The van der Waals surface area contributed by atoms with Crippen LogP contribution in [0.4, 0.5) is 0 Å². The number of hydrogen-bond donors (Lipinski definition) is 1. The number of carbonyl (C=O) groups is 1. The monoisotopic (exact) mass is 333 g/mol. The molecule has 0 unspecified atom stereocenters. The highest BCUT2D eigenvalue weighted by Crippen LogP contribution is 2.24. The quantitative estimate of drug-likeness (QED) is 0.671. The Hall–Kier alpha value is -2.52. The van der Waals surface area contributed by atoms with Gasteiger partial charge in [-0.25, -0.2) is 0 Å². The lowest BCUT2D eigenvalue weighted by atomic mass is 9.98. The highest BCUT2D eigenvalue weighted by atomic mass is 32.2. The second-order valence-electron chi connectivity index (χ2n) is 5.43. The fourth-order valence-corrected chi connectivity index (χ4v) is 3.29. The first kappa shape index (κ1) is 16.3. The molecule has 0 atom stereocenters. The van der Waals surface area contributed by atoms with Crippen molar-refractivity contribution in [2.45, 2.75) is 10.9 Å². The molecule has 3 aromatic rings. The third-order valence-corrected chi connectivity index (χ3v) is 4.69. The Morgan fingerprint density at radius 1 is 0.792 bits per heavy atom. The predicted molar refractivity (Wildman–Crippen MR) is 100 cm³/mol. The number of nitrogens with one attached hydrogen (secondary N) is 1. The second-order valence-corrected chi connectivity index (χ2v) is 6.28. The summed E-state index contributed by atoms with van der Waals surface area (Å²) in [5.41, 5.74) is 2.85. The maximum atomic E-state index is 12.9. The molecule has 0 aliphatic carbocycles. The van der Waals surface area contributed by atoms with Gasteiger partial charge in [0.2, 0.25) is 0 Å². The van der Waals surface area contributed by atoms with Gasteiger partial charge in [0, 0.05) is 4.90 Å². The minimum Gasteiger partial charge on any atom is -0.341 e. The van der Waals surface area contributed by atoms with E-state index < -0.39 is 0 Å². The predicted octanol–water partition coefficient (Wildman–Crippen LogP) is 4.93. The van der Waals surface area contributed by atoms with Crippen molar-refractivity contribution < 1.29 is 4.79 Å². The van der Waals surface area contributed by atoms with E-state index in [1.165, 1.54) is 0 Å². The molecule has 0 aliphatic rings. The number of rotatable bonds is 5. The van der Waals surface area contributed by atoms with Crippen LogP contribution in [0.1, 0.15) is 27.5 Å². The molecular weight excluding hydrogens is 314 g/mol. The van der Waals surface area contributed by atoms with Gasteiger partial charge in [-0.05, 0) is 29.5 Å². The van der Waals surface area contributed by atoms with Gasteiger partial charge in [-0.1, -0.05) is 72.8 Å². The van der Waals surface area contributed by atoms with Crippen LogP contribution in [0.25, 0.3) is 0 Å². The van der Waals surface area contributed by atoms with Crippen LogP contribution in [0.2, 0.25) is 0 Å². The Kier molecular flexibility index (Phi) is 5.34. The lowest BCUT2D eigenvalue weighted by Gasteiger charge is -2.20. The van der Waals surface area contributed by atoms with Crippen molar-refractivity contribution in [1.82, 2.24) is 5.32 Å². The van der Waals surface area contributed by atoms with E-state index in [0.717, 1.165) is 16.0 Å². The summed E-state index contributed by atoms with van der Waals surface area (Å²) < 4.78 is 0. The zero-order valence-corrected chi connectivity index (χ0v) is 14.3. The van der Waals surface area contributed by atoms with Crippen LogP contribution in [-0.4, -0.2) is 12.2 Å². The molecule has 3 aromatic carbocycles. The zero-order valence-electron chi connectivity index (χ0n) is 13.5. The zero-order chi connectivity index (χ0) is 16.8. The third kappa shape index (κ3) is 3.69. The van der Waals surface area contributed by atoms with Crippen LogP contribution in [0.15, 0.2) is 89.8 Å². The van der Waals surface area contributed by atoms with Crippen molar-refractivity contribution in [3.05, 3.63) is 102 Å². The molecule has 2 nitrogen and oxygen atoms in total. The molecule has 24 heavy (non-hydrogen) atoms. The molecule has 0 fully saturated rings. The summed E-state index contributed by atoms with van der Waals surface area (Å²) in [6.07, 6.45) is 1.98. The Labute approximate surface area is 146 Å². The van der Waals surface area contributed by atoms with Crippen LogP contribution in [0.3, 0.4) is 0 Å². The largest absolute Gasteiger partial charge is 0.341 e. The summed E-state index contributed by atoms with van der Waals surface area (Å²) in [6.45, 7) is 0. The smallest absolute Gasteiger partial charge is 0.253 e. The number of amides is 1. The van der Waals surface area contributed by atoms with E-state index in [9.17, 15) is 4.79 Å². The third-order valence-electron chi connectivity index (χ3n) is 3.89. The first-order valence-electron chi connectivity index (χ1n) is 7.83. The van der Waals surface area contributed by atoms with Crippen LogP contribution in [-0.2, 0) is 0 Å². The van der Waals surface area contributed by atoms with Crippen LogP contribution in [0.5, 0.6) is 0 Å².